The number of aromatic amines is 1. The lowest BCUT2D eigenvalue weighted by molar-refractivity contribution is -0.136. The summed E-state index contributed by atoms with van der Waals surface area (Å²) in [6.45, 7) is -0.300. The van der Waals surface area contributed by atoms with Gasteiger partial charge in [0, 0.05) is 35.1 Å². The van der Waals surface area contributed by atoms with Crippen molar-refractivity contribution in [3.05, 3.63) is 35.8 Å². The Morgan fingerprint density at radius 3 is 2.81 bits per heavy atom. The van der Waals surface area contributed by atoms with Crippen molar-refractivity contribution in [3.63, 3.8) is 0 Å². The van der Waals surface area contributed by atoms with Crippen molar-refractivity contribution in [2.75, 3.05) is 18.9 Å². The summed E-state index contributed by atoms with van der Waals surface area (Å²) in [5.41, 5.74) is 1.95. The Hall–Kier alpha value is -3.20. The third-order valence-electron chi connectivity index (χ3n) is 6.40. The average Bonchev–Trinajstić information content (AvgIpc) is 3.46. The first-order valence-corrected chi connectivity index (χ1v) is 11.3. The molecule has 0 bridgehead atoms. The second-order valence-corrected chi connectivity index (χ2v) is 9.02. The number of H-pyrrole nitrogens is 1. The van der Waals surface area contributed by atoms with Crippen LogP contribution in [0.1, 0.15) is 32.1 Å². The molecule has 1 spiro atoms. The summed E-state index contributed by atoms with van der Waals surface area (Å²) in [5, 5.41) is 6.11. The molecule has 160 valence electrons. The molecule has 31 heavy (non-hydrogen) atoms. The normalized spacial score (nSPS) is 18.4. The van der Waals surface area contributed by atoms with E-state index in [2.05, 4.69) is 15.3 Å². The summed E-state index contributed by atoms with van der Waals surface area (Å²) in [6.07, 6.45) is 6.12. The third kappa shape index (κ3) is 3.20. The molecular formula is C22H23N5O3S. The number of benzene rings is 1. The quantitative estimate of drug-likeness (QED) is 0.606. The van der Waals surface area contributed by atoms with Crippen LogP contribution in [-0.2, 0) is 9.59 Å². The van der Waals surface area contributed by atoms with E-state index >= 15 is 0 Å². The minimum Gasteiger partial charge on any atom is -0.360 e. The van der Waals surface area contributed by atoms with E-state index in [1.165, 1.54) is 16.2 Å². The summed E-state index contributed by atoms with van der Waals surface area (Å²) in [4.78, 5) is 48.7. The zero-order valence-corrected chi connectivity index (χ0v) is 18.0. The van der Waals surface area contributed by atoms with Crippen molar-refractivity contribution < 1.29 is 14.4 Å². The highest BCUT2D eigenvalue weighted by Gasteiger charge is 2.55. The first-order valence-electron chi connectivity index (χ1n) is 10.4. The molecule has 0 radical (unpaired) electrons. The van der Waals surface area contributed by atoms with Gasteiger partial charge in [0.25, 0.3) is 5.91 Å². The minimum absolute atomic E-state index is 0.256. The van der Waals surface area contributed by atoms with Gasteiger partial charge in [-0.2, -0.15) is 0 Å². The maximum Gasteiger partial charge on any atom is 0.327 e. The number of likely N-dealkylation sites (N-methyl/N-ethyl adjacent to an activating group) is 1. The molecular weight excluding hydrogens is 414 g/mol. The molecule has 0 atom stereocenters. The Bertz CT molecular complexity index is 1180. The van der Waals surface area contributed by atoms with Gasteiger partial charge in [0.15, 0.2) is 5.13 Å². The Kier molecular flexibility index (Phi) is 4.77. The van der Waals surface area contributed by atoms with Crippen LogP contribution in [0.2, 0.25) is 0 Å². The van der Waals surface area contributed by atoms with E-state index in [0.717, 1.165) is 46.3 Å². The van der Waals surface area contributed by atoms with Gasteiger partial charge in [-0.05, 0) is 18.9 Å². The molecule has 8 nitrogen and oxygen atoms in total. The Morgan fingerprint density at radius 2 is 2.00 bits per heavy atom. The van der Waals surface area contributed by atoms with Crippen LogP contribution in [-0.4, -0.2) is 56.7 Å². The van der Waals surface area contributed by atoms with Crippen molar-refractivity contribution in [3.8, 4) is 11.3 Å². The number of carbonyl (C=O) groups excluding carboxylic acids is 3. The standard InChI is InChI=1S/C22H23N5O3S/c1-26-21(30)27(19(29)22(26)9-5-2-6-10-22)12-18(28)25-20-24-17(13-31-20)15-11-23-16-8-4-3-7-14(15)16/h3-4,7-8,11,13,23H,2,5-6,9-10,12H2,1H3,(H,24,25,28). The smallest absolute Gasteiger partial charge is 0.327 e. The Labute approximate surface area is 183 Å². The number of para-hydroxylation sites is 1. The van der Waals surface area contributed by atoms with Gasteiger partial charge >= 0.3 is 6.03 Å². The molecule has 4 amide bonds. The largest absolute Gasteiger partial charge is 0.360 e. The van der Waals surface area contributed by atoms with Crippen molar-refractivity contribution in [1.82, 2.24) is 19.8 Å². The SMILES string of the molecule is CN1C(=O)N(CC(=O)Nc2nc(-c3c[nH]c4ccccc34)cs2)C(=O)C12CCCCC2. The van der Waals surface area contributed by atoms with Crippen LogP contribution in [0.15, 0.2) is 35.8 Å². The summed E-state index contributed by atoms with van der Waals surface area (Å²) in [6, 6.07) is 7.54. The molecule has 3 aromatic rings. The van der Waals surface area contributed by atoms with Crippen molar-refractivity contribution in [1.29, 1.82) is 0 Å². The first kappa shape index (κ1) is 19.7. The molecule has 1 saturated carbocycles. The molecule has 1 aliphatic heterocycles. The van der Waals surface area contributed by atoms with Crippen LogP contribution >= 0.6 is 11.3 Å². The van der Waals surface area contributed by atoms with Crippen LogP contribution in [0.25, 0.3) is 22.2 Å². The van der Waals surface area contributed by atoms with E-state index in [9.17, 15) is 14.4 Å². The third-order valence-corrected chi connectivity index (χ3v) is 7.16. The molecule has 9 heteroatoms. The second-order valence-electron chi connectivity index (χ2n) is 8.16. The van der Waals surface area contributed by atoms with E-state index in [1.54, 1.807) is 7.05 Å². The molecule has 2 fully saturated rings. The predicted octanol–water partition coefficient (Wildman–Crippen LogP) is 3.83. The predicted molar refractivity (Wildman–Crippen MR) is 119 cm³/mol. The molecule has 2 aromatic heterocycles. The molecule has 3 heterocycles. The second kappa shape index (κ2) is 7.49. The molecule has 2 N–H and O–H groups in total. The van der Waals surface area contributed by atoms with E-state index in [1.807, 2.05) is 35.8 Å². The molecule has 2 aliphatic rings. The van der Waals surface area contributed by atoms with E-state index in [4.69, 9.17) is 0 Å². The number of carbonyl (C=O) groups is 3. The fraction of sp³-hybridized carbons (Fsp3) is 0.364. The van der Waals surface area contributed by atoms with Crippen LogP contribution in [0, 0.1) is 0 Å². The average molecular weight is 438 g/mol. The lowest BCUT2D eigenvalue weighted by atomic mass is 9.81. The number of rotatable bonds is 4. The molecule has 1 aromatic carbocycles. The number of nitrogens with zero attached hydrogens (tertiary/aromatic N) is 3. The number of anilines is 1. The highest BCUT2D eigenvalue weighted by Crippen LogP contribution is 2.39. The lowest BCUT2D eigenvalue weighted by Crippen LogP contribution is -2.49. The Balaban J connectivity index is 1.29. The van der Waals surface area contributed by atoms with Crippen molar-refractivity contribution in [2.45, 2.75) is 37.6 Å². The highest BCUT2D eigenvalue weighted by molar-refractivity contribution is 7.14. The maximum atomic E-state index is 13.0. The lowest BCUT2D eigenvalue weighted by Gasteiger charge is -2.35. The van der Waals surface area contributed by atoms with Crippen molar-refractivity contribution >= 4 is 45.2 Å². The number of aromatic nitrogens is 2. The summed E-state index contributed by atoms with van der Waals surface area (Å²) < 4.78 is 0. The minimum atomic E-state index is -0.778. The Morgan fingerprint density at radius 1 is 1.23 bits per heavy atom. The van der Waals surface area contributed by atoms with Crippen LogP contribution in [0.4, 0.5) is 9.93 Å². The van der Waals surface area contributed by atoms with Gasteiger partial charge in [-0.1, -0.05) is 37.5 Å². The number of imide groups is 1. The number of hydrogen-bond donors (Lipinski definition) is 2. The molecule has 0 unspecified atom stereocenters. The zero-order chi connectivity index (χ0) is 21.6. The fourth-order valence-electron chi connectivity index (χ4n) is 4.71. The maximum absolute atomic E-state index is 13.0. The number of nitrogens with one attached hydrogen (secondary N) is 2. The molecule has 1 saturated heterocycles. The highest BCUT2D eigenvalue weighted by atomic mass is 32.1. The van der Waals surface area contributed by atoms with Gasteiger partial charge < -0.3 is 15.2 Å². The number of urea groups is 1. The fourth-order valence-corrected chi connectivity index (χ4v) is 5.44. The van der Waals surface area contributed by atoms with Gasteiger partial charge in [-0.15, -0.1) is 11.3 Å². The summed E-state index contributed by atoms with van der Waals surface area (Å²) in [7, 11) is 1.66. The zero-order valence-electron chi connectivity index (χ0n) is 17.2. The number of amides is 4. The number of thiazole rings is 1. The van der Waals surface area contributed by atoms with Crippen LogP contribution in [0.5, 0.6) is 0 Å². The van der Waals surface area contributed by atoms with E-state index < -0.39 is 17.5 Å². The molecule has 1 aliphatic carbocycles. The topological polar surface area (TPSA) is 98.4 Å². The monoisotopic (exact) mass is 437 g/mol. The molecule has 5 rings (SSSR count). The van der Waals surface area contributed by atoms with E-state index in [0.29, 0.717) is 18.0 Å². The van der Waals surface area contributed by atoms with Gasteiger partial charge in [-0.3, -0.25) is 14.5 Å². The number of hydrogen-bond acceptors (Lipinski definition) is 5. The first-order chi connectivity index (χ1) is 15.0. The van der Waals surface area contributed by atoms with Crippen LogP contribution < -0.4 is 5.32 Å². The van der Waals surface area contributed by atoms with Crippen molar-refractivity contribution in [2.24, 2.45) is 0 Å². The number of fused-ring (bicyclic) bond motifs is 1. The summed E-state index contributed by atoms with van der Waals surface area (Å²) >= 11 is 1.31. The summed E-state index contributed by atoms with van der Waals surface area (Å²) in [5.74, 6) is -0.684. The van der Waals surface area contributed by atoms with E-state index in [-0.39, 0.29) is 12.5 Å². The van der Waals surface area contributed by atoms with Gasteiger partial charge in [0.05, 0.1) is 5.69 Å². The van der Waals surface area contributed by atoms with Gasteiger partial charge in [0.1, 0.15) is 12.1 Å². The van der Waals surface area contributed by atoms with Gasteiger partial charge in [0.2, 0.25) is 5.91 Å². The van der Waals surface area contributed by atoms with Crippen LogP contribution in [0.3, 0.4) is 0 Å². The van der Waals surface area contributed by atoms with Gasteiger partial charge in [-0.25, -0.2) is 9.78 Å².